The van der Waals surface area contributed by atoms with E-state index in [1.165, 1.54) is 4.90 Å². The Morgan fingerprint density at radius 2 is 1.94 bits per heavy atom. The molecule has 2 aromatic rings. The van der Waals surface area contributed by atoms with Gasteiger partial charge in [-0.25, -0.2) is 4.79 Å². The van der Waals surface area contributed by atoms with E-state index in [1.807, 2.05) is 50.2 Å². The number of hydrogen-bond donors (Lipinski definition) is 2. The highest BCUT2D eigenvalue weighted by Crippen LogP contribution is 2.28. The first-order chi connectivity index (χ1) is 16.4. The van der Waals surface area contributed by atoms with E-state index in [-0.39, 0.29) is 31.3 Å². The summed E-state index contributed by atoms with van der Waals surface area (Å²) in [5.41, 5.74) is 2.41. The number of nitrogens with one attached hydrogen (secondary N) is 1. The summed E-state index contributed by atoms with van der Waals surface area (Å²) >= 11 is 0. The number of methoxy groups -OCH3 is 1. The van der Waals surface area contributed by atoms with Crippen molar-refractivity contribution in [3.8, 4) is 5.75 Å². The Bertz CT molecular complexity index is 950. The Kier molecular flexibility index (Phi) is 9.30. The van der Waals surface area contributed by atoms with E-state index in [2.05, 4.69) is 5.32 Å². The number of likely N-dealkylation sites (tertiary alicyclic amines) is 1. The van der Waals surface area contributed by atoms with Crippen molar-refractivity contribution in [1.82, 2.24) is 10.2 Å². The molecular weight excluding hydrogens is 436 g/mol. The Morgan fingerprint density at radius 1 is 1.18 bits per heavy atom. The summed E-state index contributed by atoms with van der Waals surface area (Å²) in [7, 11) is 1.56. The molecule has 0 unspecified atom stereocenters. The van der Waals surface area contributed by atoms with Crippen LogP contribution in [0.2, 0.25) is 0 Å². The molecule has 3 rings (SSSR count). The fraction of sp³-hybridized carbons (Fsp3) is 0.462. The average molecular weight is 471 g/mol. The van der Waals surface area contributed by atoms with Crippen LogP contribution in [0.15, 0.2) is 48.5 Å². The van der Waals surface area contributed by atoms with Crippen LogP contribution < -0.4 is 10.1 Å². The lowest BCUT2D eigenvalue weighted by Gasteiger charge is -2.28. The quantitative estimate of drug-likeness (QED) is 0.532. The zero-order chi connectivity index (χ0) is 24.5. The summed E-state index contributed by atoms with van der Waals surface area (Å²) in [6.45, 7) is 5.16. The first-order valence-corrected chi connectivity index (χ1v) is 11.6. The molecule has 1 heterocycles. The molecule has 2 atom stereocenters. The zero-order valence-corrected chi connectivity index (χ0v) is 20.0. The van der Waals surface area contributed by atoms with Crippen molar-refractivity contribution in [3.05, 3.63) is 65.2 Å². The van der Waals surface area contributed by atoms with Gasteiger partial charge in [0.25, 0.3) is 5.91 Å². The third kappa shape index (κ3) is 6.95. The second kappa shape index (κ2) is 12.4. The van der Waals surface area contributed by atoms with E-state index in [0.717, 1.165) is 11.1 Å². The second-order valence-corrected chi connectivity index (χ2v) is 8.74. The monoisotopic (exact) mass is 470 g/mol. The van der Waals surface area contributed by atoms with Crippen LogP contribution >= 0.6 is 0 Å². The Hall–Kier alpha value is -3.10. The normalized spacial score (nSPS) is 18.4. The molecule has 34 heavy (non-hydrogen) atoms. The third-order valence-corrected chi connectivity index (χ3v) is 5.90. The molecule has 1 aliphatic heterocycles. The van der Waals surface area contributed by atoms with Gasteiger partial charge in [-0.3, -0.25) is 4.79 Å². The fourth-order valence-corrected chi connectivity index (χ4v) is 4.07. The molecule has 0 spiro atoms. The van der Waals surface area contributed by atoms with Gasteiger partial charge in [-0.05, 0) is 48.1 Å². The van der Waals surface area contributed by atoms with Gasteiger partial charge in [0.2, 0.25) is 0 Å². The zero-order valence-electron chi connectivity index (χ0n) is 20.0. The standard InChI is InChI=1S/C26H34N2O6/c1-18(2)21-14-20(11-12-23(21)34-17-32-3)25(29)27-22-15-28(26(30)31)13-7-10-24(22)33-16-19-8-5-4-6-9-19/h4-6,8-9,11-12,14,18,22,24H,7,10,13,15-17H2,1-3H3,(H,27,29)(H,30,31)/t22-,24-/m1/s1. The number of carbonyl (C=O) groups excluding carboxylic acids is 1. The van der Waals surface area contributed by atoms with Crippen LogP contribution in [-0.2, 0) is 16.1 Å². The first-order valence-electron chi connectivity index (χ1n) is 11.6. The maximum atomic E-state index is 13.2. The van der Waals surface area contributed by atoms with Crippen LogP contribution in [0.3, 0.4) is 0 Å². The maximum Gasteiger partial charge on any atom is 0.407 e. The fourth-order valence-electron chi connectivity index (χ4n) is 4.07. The lowest BCUT2D eigenvalue weighted by molar-refractivity contribution is 0.0106. The van der Waals surface area contributed by atoms with Gasteiger partial charge in [0.05, 0.1) is 18.8 Å². The van der Waals surface area contributed by atoms with Crippen molar-refractivity contribution in [1.29, 1.82) is 0 Å². The molecule has 2 N–H and O–H groups in total. The average Bonchev–Trinajstić information content (AvgIpc) is 3.04. The molecule has 184 valence electrons. The number of carbonyl (C=O) groups is 2. The number of carboxylic acid groups (broad SMARTS) is 1. The van der Waals surface area contributed by atoms with Crippen molar-refractivity contribution < 1.29 is 28.9 Å². The Morgan fingerprint density at radius 3 is 2.62 bits per heavy atom. The topological polar surface area (TPSA) is 97.3 Å². The predicted octanol–water partition coefficient (Wildman–Crippen LogP) is 4.25. The van der Waals surface area contributed by atoms with E-state index in [9.17, 15) is 14.7 Å². The van der Waals surface area contributed by atoms with E-state index in [0.29, 0.717) is 37.3 Å². The van der Waals surface area contributed by atoms with E-state index < -0.39 is 12.1 Å². The van der Waals surface area contributed by atoms with Gasteiger partial charge in [0.1, 0.15) is 5.75 Å². The highest BCUT2D eigenvalue weighted by atomic mass is 16.7. The van der Waals surface area contributed by atoms with Crippen LogP contribution in [-0.4, -0.2) is 61.1 Å². The number of amides is 2. The summed E-state index contributed by atoms with van der Waals surface area (Å²) < 4.78 is 16.8. The molecule has 0 aromatic heterocycles. The van der Waals surface area contributed by atoms with Crippen LogP contribution in [0.5, 0.6) is 5.75 Å². The predicted molar refractivity (Wildman–Crippen MR) is 128 cm³/mol. The van der Waals surface area contributed by atoms with Crippen LogP contribution in [0.25, 0.3) is 0 Å². The van der Waals surface area contributed by atoms with Crippen LogP contribution in [0.4, 0.5) is 4.79 Å². The SMILES string of the molecule is COCOc1ccc(C(=O)N[C@@H]2CN(C(=O)O)CCC[C@H]2OCc2ccccc2)cc1C(C)C. The smallest absolute Gasteiger partial charge is 0.407 e. The number of benzene rings is 2. The molecule has 2 amide bonds. The number of rotatable bonds is 9. The maximum absolute atomic E-state index is 13.2. The van der Waals surface area contributed by atoms with Gasteiger partial charge >= 0.3 is 6.09 Å². The molecule has 1 fully saturated rings. The molecule has 0 aliphatic carbocycles. The Labute approximate surface area is 200 Å². The van der Waals surface area contributed by atoms with Crippen molar-refractivity contribution in [2.45, 2.75) is 51.4 Å². The summed E-state index contributed by atoms with van der Waals surface area (Å²) in [5, 5.41) is 12.6. The van der Waals surface area contributed by atoms with Gasteiger partial charge < -0.3 is 29.5 Å². The molecule has 1 saturated heterocycles. The van der Waals surface area contributed by atoms with Crippen molar-refractivity contribution in [2.75, 3.05) is 27.0 Å². The van der Waals surface area contributed by atoms with Crippen LogP contribution in [0.1, 0.15) is 54.1 Å². The molecular formula is C26H34N2O6. The molecule has 8 heteroatoms. The van der Waals surface area contributed by atoms with Crippen LogP contribution in [0, 0.1) is 0 Å². The second-order valence-electron chi connectivity index (χ2n) is 8.74. The minimum atomic E-state index is -0.996. The summed E-state index contributed by atoms with van der Waals surface area (Å²) in [5.74, 6) is 0.539. The van der Waals surface area contributed by atoms with Crippen molar-refractivity contribution in [2.24, 2.45) is 0 Å². The van der Waals surface area contributed by atoms with Crippen molar-refractivity contribution in [3.63, 3.8) is 0 Å². The molecule has 0 bridgehead atoms. The number of nitrogens with zero attached hydrogens (tertiary/aromatic N) is 1. The lowest BCUT2D eigenvalue weighted by atomic mass is 9.99. The van der Waals surface area contributed by atoms with Gasteiger partial charge in [-0.2, -0.15) is 0 Å². The Balaban J connectivity index is 1.77. The minimum absolute atomic E-state index is 0.124. The number of ether oxygens (including phenoxy) is 3. The van der Waals surface area contributed by atoms with Gasteiger partial charge in [0, 0.05) is 25.8 Å². The molecule has 0 radical (unpaired) electrons. The highest BCUT2D eigenvalue weighted by Gasteiger charge is 2.31. The minimum Gasteiger partial charge on any atom is -0.467 e. The first kappa shape index (κ1) is 25.5. The van der Waals surface area contributed by atoms with Crippen molar-refractivity contribution >= 4 is 12.0 Å². The summed E-state index contributed by atoms with van der Waals surface area (Å²) in [4.78, 5) is 26.3. The van der Waals surface area contributed by atoms with Gasteiger partial charge in [-0.15, -0.1) is 0 Å². The third-order valence-electron chi connectivity index (χ3n) is 5.90. The number of hydrogen-bond acceptors (Lipinski definition) is 5. The molecule has 8 nitrogen and oxygen atoms in total. The lowest BCUT2D eigenvalue weighted by Crippen LogP contribution is -2.50. The molecule has 1 aliphatic rings. The van der Waals surface area contributed by atoms with Gasteiger partial charge in [-0.1, -0.05) is 44.2 Å². The van der Waals surface area contributed by atoms with Gasteiger partial charge in [0.15, 0.2) is 6.79 Å². The largest absolute Gasteiger partial charge is 0.467 e. The highest BCUT2D eigenvalue weighted by molar-refractivity contribution is 5.95. The van der Waals surface area contributed by atoms with E-state index in [1.54, 1.807) is 19.2 Å². The summed E-state index contributed by atoms with van der Waals surface area (Å²) in [6.07, 6.45) is 0.0242. The molecule has 0 saturated carbocycles. The van der Waals surface area contributed by atoms with E-state index >= 15 is 0 Å². The van der Waals surface area contributed by atoms with E-state index in [4.69, 9.17) is 14.2 Å². The molecule has 2 aromatic carbocycles. The summed E-state index contributed by atoms with van der Waals surface area (Å²) in [6, 6.07) is 14.6.